The van der Waals surface area contributed by atoms with Crippen LogP contribution in [0.3, 0.4) is 0 Å². The molecule has 0 amide bonds. The molecule has 0 fully saturated rings. The van der Waals surface area contributed by atoms with Crippen molar-refractivity contribution in [3.05, 3.63) is 58.1 Å². The van der Waals surface area contributed by atoms with Crippen molar-refractivity contribution in [1.82, 2.24) is 15.2 Å². The van der Waals surface area contributed by atoms with Crippen LogP contribution in [0.25, 0.3) is 5.57 Å². The molecule has 0 saturated carbocycles. The van der Waals surface area contributed by atoms with Gasteiger partial charge < -0.3 is 10.2 Å². The fraction of sp³-hybridized carbons (Fsp3) is 0.400. The molecule has 1 aromatic carbocycles. The predicted molar refractivity (Wildman–Crippen MR) is 123 cm³/mol. The molecule has 0 atom stereocenters. The van der Waals surface area contributed by atoms with Crippen LogP contribution in [0.15, 0.2) is 46.8 Å². The Balaban J connectivity index is 0.00000243. The van der Waals surface area contributed by atoms with Crippen LogP contribution in [-0.2, 0) is 6.42 Å². The first-order chi connectivity index (χ1) is 12.3. The van der Waals surface area contributed by atoms with E-state index in [0.717, 1.165) is 55.7 Å². The minimum atomic E-state index is 0. The van der Waals surface area contributed by atoms with Crippen LogP contribution in [0.1, 0.15) is 29.6 Å². The zero-order chi connectivity index (χ0) is 17.5. The third-order valence-electron chi connectivity index (χ3n) is 4.28. The second kappa shape index (κ2) is 10.7. The second-order valence-electron chi connectivity index (χ2n) is 6.13. The average molecular weight is 482 g/mol. The summed E-state index contributed by atoms with van der Waals surface area (Å²) in [7, 11) is 0. The number of benzene rings is 1. The molecule has 2 aromatic rings. The van der Waals surface area contributed by atoms with Crippen molar-refractivity contribution in [2.45, 2.75) is 26.7 Å². The van der Waals surface area contributed by atoms with Gasteiger partial charge in [0.25, 0.3) is 0 Å². The Bertz CT molecular complexity index is 739. The third kappa shape index (κ3) is 5.81. The van der Waals surface area contributed by atoms with Crippen molar-refractivity contribution in [2.24, 2.45) is 4.99 Å². The number of thiazole rings is 1. The Morgan fingerprint density at radius 1 is 1.31 bits per heavy atom. The minimum absolute atomic E-state index is 0. The van der Waals surface area contributed by atoms with Crippen LogP contribution >= 0.6 is 35.3 Å². The molecule has 6 heteroatoms. The quantitative estimate of drug-likeness (QED) is 0.391. The van der Waals surface area contributed by atoms with Crippen LogP contribution in [-0.4, -0.2) is 42.0 Å². The molecule has 0 unspecified atom stereocenters. The molecule has 4 nitrogen and oxygen atoms in total. The lowest BCUT2D eigenvalue weighted by Crippen LogP contribution is -2.43. The highest BCUT2D eigenvalue weighted by molar-refractivity contribution is 14.0. The molecule has 0 aliphatic carbocycles. The summed E-state index contributed by atoms with van der Waals surface area (Å²) in [6.45, 7) is 7.74. The third-order valence-corrected chi connectivity index (χ3v) is 5.11. The summed E-state index contributed by atoms with van der Waals surface area (Å²) >= 11 is 1.71. The molecule has 1 aliphatic rings. The van der Waals surface area contributed by atoms with Crippen molar-refractivity contribution in [3.8, 4) is 0 Å². The van der Waals surface area contributed by atoms with Crippen LogP contribution in [0, 0.1) is 6.92 Å². The number of halogens is 1. The number of aliphatic imine (C=N–C) groups is 1. The Labute approximate surface area is 177 Å². The molecule has 3 rings (SSSR count). The van der Waals surface area contributed by atoms with Crippen LogP contribution in [0.2, 0.25) is 0 Å². The lowest BCUT2D eigenvalue weighted by molar-refractivity contribution is 0.440. The number of nitrogens with zero attached hydrogens (tertiary/aromatic N) is 3. The van der Waals surface area contributed by atoms with Gasteiger partial charge in [-0.05, 0) is 31.4 Å². The summed E-state index contributed by atoms with van der Waals surface area (Å²) < 4.78 is 0. The van der Waals surface area contributed by atoms with E-state index in [0.29, 0.717) is 0 Å². The molecular weight excluding hydrogens is 455 g/mol. The number of hydrogen-bond donors (Lipinski definition) is 1. The summed E-state index contributed by atoms with van der Waals surface area (Å²) in [5, 5.41) is 6.69. The van der Waals surface area contributed by atoms with Gasteiger partial charge in [0, 0.05) is 38.0 Å². The molecule has 1 aromatic heterocycles. The first-order valence-electron chi connectivity index (χ1n) is 8.95. The van der Waals surface area contributed by atoms with E-state index >= 15 is 0 Å². The molecule has 26 heavy (non-hydrogen) atoms. The lowest BCUT2D eigenvalue weighted by atomic mass is 10.00. The molecule has 140 valence electrons. The number of hydrogen-bond acceptors (Lipinski definition) is 3. The Kier molecular flexibility index (Phi) is 8.58. The van der Waals surface area contributed by atoms with Gasteiger partial charge in [0.05, 0.1) is 10.7 Å². The first-order valence-corrected chi connectivity index (χ1v) is 9.83. The van der Waals surface area contributed by atoms with Gasteiger partial charge in [-0.3, -0.25) is 4.99 Å². The highest BCUT2D eigenvalue weighted by Gasteiger charge is 2.16. The highest BCUT2D eigenvalue weighted by Crippen LogP contribution is 2.22. The summed E-state index contributed by atoms with van der Waals surface area (Å²) in [6.07, 6.45) is 4.29. The number of rotatable bonds is 5. The van der Waals surface area contributed by atoms with Crippen LogP contribution in [0.5, 0.6) is 0 Å². The molecule has 1 aliphatic heterocycles. The standard InChI is InChI=1S/C20H26N4S.HI/c1-3-21-20(22-12-9-19-15-25-16(2)23-19)24-13-10-18(11-14-24)17-7-5-4-6-8-17;/h4-8,10,15H,3,9,11-14H2,1-2H3,(H,21,22);1H. The van der Waals surface area contributed by atoms with Crippen LogP contribution in [0.4, 0.5) is 0 Å². The van der Waals surface area contributed by atoms with Crippen molar-refractivity contribution in [3.63, 3.8) is 0 Å². The fourth-order valence-corrected chi connectivity index (χ4v) is 3.65. The Hall–Kier alpha value is -1.41. The molecule has 0 radical (unpaired) electrons. The molecule has 0 bridgehead atoms. The number of aromatic nitrogens is 1. The normalized spacial score (nSPS) is 14.6. The highest BCUT2D eigenvalue weighted by atomic mass is 127. The monoisotopic (exact) mass is 482 g/mol. The predicted octanol–water partition coefficient (Wildman–Crippen LogP) is 4.37. The van der Waals surface area contributed by atoms with Gasteiger partial charge in [0.1, 0.15) is 0 Å². The van der Waals surface area contributed by atoms with Gasteiger partial charge in [-0.25, -0.2) is 4.98 Å². The average Bonchev–Trinajstić information content (AvgIpc) is 3.07. The van der Waals surface area contributed by atoms with E-state index < -0.39 is 0 Å². The fourth-order valence-electron chi connectivity index (χ4n) is 3.00. The van der Waals surface area contributed by atoms with Gasteiger partial charge >= 0.3 is 0 Å². The maximum absolute atomic E-state index is 4.81. The second-order valence-corrected chi connectivity index (χ2v) is 7.20. The summed E-state index contributed by atoms with van der Waals surface area (Å²) in [4.78, 5) is 11.7. The molecule has 0 saturated heterocycles. The van der Waals surface area contributed by atoms with E-state index in [2.05, 4.69) is 63.9 Å². The maximum Gasteiger partial charge on any atom is 0.194 e. The Morgan fingerprint density at radius 2 is 2.12 bits per heavy atom. The SMILES string of the molecule is CCNC(=NCCc1csc(C)n1)N1CC=C(c2ccccc2)CC1.I. The van der Waals surface area contributed by atoms with Gasteiger partial charge in [-0.15, -0.1) is 35.3 Å². The summed E-state index contributed by atoms with van der Waals surface area (Å²) in [5.74, 6) is 1.01. The molecule has 0 spiro atoms. The maximum atomic E-state index is 4.81. The van der Waals surface area contributed by atoms with E-state index in [4.69, 9.17) is 4.99 Å². The molecular formula is C20H27IN4S. The van der Waals surface area contributed by atoms with Crippen molar-refractivity contribution < 1.29 is 0 Å². The van der Waals surface area contributed by atoms with Crippen LogP contribution < -0.4 is 5.32 Å². The lowest BCUT2D eigenvalue weighted by Gasteiger charge is -2.29. The minimum Gasteiger partial charge on any atom is -0.357 e. The van der Waals surface area contributed by atoms with Gasteiger partial charge in [0.15, 0.2) is 5.96 Å². The zero-order valence-electron chi connectivity index (χ0n) is 15.4. The number of nitrogens with one attached hydrogen (secondary N) is 1. The number of aryl methyl sites for hydroxylation is 1. The smallest absolute Gasteiger partial charge is 0.194 e. The van der Waals surface area contributed by atoms with Crippen molar-refractivity contribution in [1.29, 1.82) is 0 Å². The van der Waals surface area contributed by atoms with E-state index in [1.165, 1.54) is 11.1 Å². The van der Waals surface area contributed by atoms with Gasteiger partial charge in [-0.2, -0.15) is 0 Å². The van der Waals surface area contributed by atoms with E-state index in [9.17, 15) is 0 Å². The largest absolute Gasteiger partial charge is 0.357 e. The van der Waals surface area contributed by atoms with Crippen molar-refractivity contribution in [2.75, 3.05) is 26.2 Å². The number of guanidine groups is 1. The van der Waals surface area contributed by atoms with E-state index in [-0.39, 0.29) is 24.0 Å². The first kappa shape index (κ1) is 20.9. The summed E-state index contributed by atoms with van der Waals surface area (Å²) in [6, 6.07) is 10.7. The van der Waals surface area contributed by atoms with Gasteiger partial charge in [0.2, 0.25) is 0 Å². The topological polar surface area (TPSA) is 40.5 Å². The van der Waals surface area contributed by atoms with E-state index in [1.54, 1.807) is 11.3 Å². The molecule has 1 N–H and O–H groups in total. The van der Waals surface area contributed by atoms with Gasteiger partial charge in [-0.1, -0.05) is 36.4 Å². The van der Waals surface area contributed by atoms with Crippen molar-refractivity contribution >= 4 is 46.8 Å². The molecule has 2 heterocycles. The summed E-state index contributed by atoms with van der Waals surface area (Å²) in [5.41, 5.74) is 3.92. The Morgan fingerprint density at radius 3 is 2.73 bits per heavy atom. The zero-order valence-corrected chi connectivity index (χ0v) is 18.6. The van der Waals surface area contributed by atoms with E-state index in [1.807, 2.05) is 6.92 Å².